The van der Waals surface area contributed by atoms with E-state index in [4.69, 9.17) is 0 Å². The van der Waals surface area contributed by atoms with E-state index in [1.807, 2.05) is 50.3 Å². The zero-order chi connectivity index (χ0) is 12.7. The maximum atomic E-state index is 11.7. The second kappa shape index (κ2) is 6.91. The lowest BCUT2D eigenvalue weighted by molar-refractivity contribution is 0.0953. The topological polar surface area (TPSA) is 44.4 Å². The molecule has 0 atom stereocenters. The van der Waals surface area contributed by atoms with Gasteiger partial charge in [0.1, 0.15) is 0 Å². The fourth-order valence-electron chi connectivity index (χ4n) is 1.48. The minimum absolute atomic E-state index is 0.00795. The lowest BCUT2D eigenvalue weighted by Crippen LogP contribution is -2.26. The van der Waals surface area contributed by atoms with Crippen molar-refractivity contribution in [2.45, 2.75) is 6.42 Å². The Balaban J connectivity index is 2.46. The number of benzene rings is 1. The third-order valence-corrected chi connectivity index (χ3v) is 2.54. The van der Waals surface area contributed by atoms with E-state index in [0.717, 1.165) is 18.7 Å². The Hall–Kier alpha value is -1.55. The molecule has 0 radical (unpaired) electrons. The molecule has 0 aliphatic rings. The Kier molecular flexibility index (Phi) is 5.49. The lowest BCUT2D eigenvalue weighted by Gasteiger charge is -2.12. The minimum atomic E-state index is -0.00795. The summed E-state index contributed by atoms with van der Waals surface area (Å²) in [6.07, 6.45) is 0.942. The predicted molar refractivity (Wildman–Crippen MR) is 71.6 cm³/mol. The largest absolute Gasteiger partial charge is 0.378 e. The summed E-state index contributed by atoms with van der Waals surface area (Å²) in [6.45, 7) is 1.62. The van der Waals surface area contributed by atoms with Crippen LogP contribution in [-0.2, 0) is 0 Å². The number of rotatable bonds is 6. The van der Waals surface area contributed by atoms with Gasteiger partial charge in [-0.15, -0.1) is 0 Å². The Labute approximate surface area is 103 Å². The molecule has 0 unspecified atom stereocenters. The highest BCUT2D eigenvalue weighted by Gasteiger charge is 2.04. The highest BCUT2D eigenvalue weighted by Crippen LogP contribution is 2.11. The zero-order valence-corrected chi connectivity index (χ0v) is 10.8. The van der Waals surface area contributed by atoms with Gasteiger partial charge in [-0.2, -0.15) is 0 Å². The molecule has 1 amide bonds. The van der Waals surface area contributed by atoms with Gasteiger partial charge in [-0.3, -0.25) is 4.79 Å². The van der Waals surface area contributed by atoms with E-state index in [9.17, 15) is 4.79 Å². The van der Waals surface area contributed by atoms with Gasteiger partial charge in [0.05, 0.1) is 0 Å². The van der Waals surface area contributed by atoms with E-state index in [1.165, 1.54) is 0 Å². The van der Waals surface area contributed by atoms with Crippen molar-refractivity contribution in [3.05, 3.63) is 29.8 Å². The van der Waals surface area contributed by atoms with E-state index in [1.54, 1.807) is 0 Å². The maximum Gasteiger partial charge on any atom is 0.251 e. The Bertz CT molecular complexity index is 346. The molecule has 0 fully saturated rings. The molecule has 4 heteroatoms. The fraction of sp³-hybridized carbons (Fsp3) is 0.462. The summed E-state index contributed by atoms with van der Waals surface area (Å²) in [5, 5.41) is 5.93. The van der Waals surface area contributed by atoms with Gasteiger partial charge < -0.3 is 15.5 Å². The van der Waals surface area contributed by atoms with Crippen LogP contribution >= 0.6 is 0 Å². The molecule has 0 saturated carbocycles. The number of hydrogen-bond donors (Lipinski definition) is 2. The van der Waals surface area contributed by atoms with Crippen LogP contribution in [0.5, 0.6) is 0 Å². The standard InChI is InChI=1S/C13H21N3O/c1-14-9-4-10-15-13(17)11-5-7-12(8-6-11)16(2)3/h5-8,14H,4,9-10H2,1-3H3,(H,15,17). The van der Waals surface area contributed by atoms with Crippen molar-refractivity contribution in [3.8, 4) is 0 Å². The van der Waals surface area contributed by atoms with Crippen molar-refractivity contribution in [2.24, 2.45) is 0 Å². The number of hydrogen-bond acceptors (Lipinski definition) is 3. The Morgan fingerprint density at radius 2 is 1.82 bits per heavy atom. The molecule has 0 aromatic heterocycles. The number of nitrogens with one attached hydrogen (secondary N) is 2. The van der Waals surface area contributed by atoms with Crippen LogP contribution in [0.25, 0.3) is 0 Å². The summed E-state index contributed by atoms with van der Waals surface area (Å²) in [6, 6.07) is 7.59. The van der Waals surface area contributed by atoms with Gasteiger partial charge >= 0.3 is 0 Å². The number of amides is 1. The second-order valence-electron chi connectivity index (χ2n) is 4.15. The molecule has 0 bridgehead atoms. The van der Waals surface area contributed by atoms with Crippen LogP contribution in [0.1, 0.15) is 16.8 Å². The van der Waals surface area contributed by atoms with Gasteiger partial charge in [-0.1, -0.05) is 0 Å². The number of nitrogens with zero attached hydrogens (tertiary/aromatic N) is 1. The van der Waals surface area contributed by atoms with Gasteiger partial charge in [0.25, 0.3) is 5.91 Å². The summed E-state index contributed by atoms with van der Waals surface area (Å²) >= 11 is 0. The van der Waals surface area contributed by atoms with Crippen molar-refractivity contribution in [2.75, 3.05) is 39.1 Å². The first kappa shape index (κ1) is 13.5. The Morgan fingerprint density at radius 3 is 2.35 bits per heavy atom. The van der Waals surface area contributed by atoms with Crippen molar-refractivity contribution in [3.63, 3.8) is 0 Å². The molecular weight excluding hydrogens is 214 g/mol. The molecule has 1 aromatic carbocycles. The summed E-state index contributed by atoms with van der Waals surface area (Å²) in [7, 11) is 5.86. The minimum Gasteiger partial charge on any atom is -0.378 e. The average Bonchev–Trinajstić information content (AvgIpc) is 2.34. The summed E-state index contributed by atoms with van der Waals surface area (Å²) in [5.74, 6) is -0.00795. The van der Waals surface area contributed by atoms with E-state index < -0.39 is 0 Å². The van der Waals surface area contributed by atoms with Crippen LogP contribution in [-0.4, -0.2) is 40.1 Å². The molecular formula is C13H21N3O. The third kappa shape index (κ3) is 4.44. The van der Waals surface area contributed by atoms with E-state index in [2.05, 4.69) is 10.6 Å². The van der Waals surface area contributed by atoms with E-state index in [0.29, 0.717) is 12.1 Å². The van der Waals surface area contributed by atoms with Crippen LogP contribution < -0.4 is 15.5 Å². The molecule has 2 N–H and O–H groups in total. The van der Waals surface area contributed by atoms with Crippen LogP contribution in [0.15, 0.2) is 24.3 Å². The predicted octanol–water partition coefficient (Wildman–Crippen LogP) is 1.09. The first-order valence-corrected chi connectivity index (χ1v) is 5.85. The fourth-order valence-corrected chi connectivity index (χ4v) is 1.48. The molecule has 17 heavy (non-hydrogen) atoms. The number of carbonyl (C=O) groups is 1. The zero-order valence-electron chi connectivity index (χ0n) is 10.8. The smallest absolute Gasteiger partial charge is 0.251 e. The summed E-state index contributed by atoms with van der Waals surface area (Å²) < 4.78 is 0. The van der Waals surface area contributed by atoms with Crippen molar-refractivity contribution >= 4 is 11.6 Å². The molecule has 0 saturated heterocycles. The first-order chi connectivity index (χ1) is 8.15. The van der Waals surface area contributed by atoms with Crippen molar-refractivity contribution < 1.29 is 4.79 Å². The van der Waals surface area contributed by atoms with Gasteiger partial charge in [0.15, 0.2) is 0 Å². The Morgan fingerprint density at radius 1 is 1.18 bits per heavy atom. The van der Waals surface area contributed by atoms with Gasteiger partial charge in [-0.25, -0.2) is 0 Å². The van der Waals surface area contributed by atoms with E-state index >= 15 is 0 Å². The highest BCUT2D eigenvalue weighted by atomic mass is 16.1. The first-order valence-electron chi connectivity index (χ1n) is 5.85. The highest BCUT2D eigenvalue weighted by molar-refractivity contribution is 5.94. The lowest BCUT2D eigenvalue weighted by atomic mass is 10.2. The molecule has 0 aliphatic heterocycles. The molecule has 0 spiro atoms. The summed E-state index contributed by atoms with van der Waals surface area (Å²) in [4.78, 5) is 13.8. The molecule has 1 rings (SSSR count). The molecule has 1 aromatic rings. The quantitative estimate of drug-likeness (QED) is 0.726. The van der Waals surface area contributed by atoms with Gasteiger partial charge in [0, 0.05) is 31.9 Å². The molecule has 94 valence electrons. The van der Waals surface area contributed by atoms with Crippen LogP contribution in [0.2, 0.25) is 0 Å². The van der Waals surface area contributed by atoms with Crippen LogP contribution in [0, 0.1) is 0 Å². The molecule has 0 aliphatic carbocycles. The van der Waals surface area contributed by atoms with Crippen molar-refractivity contribution in [1.29, 1.82) is 0 Å². The van der Waals surface area contributed by atoms with Gasteiger partial charge in [0.2, 0.25) is 0 Å². The monoisotopic (exact) mass is 235 g/mol. The normalized spacial score (nSPS) is 10.1. The summed E-state index contributed by atoms with van der Waals surface area (Å²) in [5.41, 5.74) is 1.80. The molecule has 0 heterocycles. The second-order valence-corrected chi connectivity index (χ2v) is 4.15. The SMILES string of the molecule is CNCCCNC(=O)c1ccc(N(C)C)cc1. The van der Waals surface area contributed by atoms with E-state index in [-0.39, 0.29) is 5.91 Å². The van der Waals surface area contributed by atoms with Gasteiger partial charge in [-0.05, 0) is 44.3 Å². The third-order valence-electron chi connectivity index (χ3n) is 2.54. The molecule has 4 nitrogen and oxygen atoms in total. The maximum absolute atomic E-state index is 11.7. The van der Waals surface area contributed by atoms with Crippen LogP contribution in [0.3, 0.4) is 0 Å². The van der Waals surface area contributed by atoms with Crippen molar-refractivity contribution in [1.82, 2.24) is 10.6 Å². The van der Waals surface area contributed by atoms with Crippen LogP contribution in [0.4, 0.5) is 5.69 Å². The average molecular weight is 235 g/mol. The number of carbonyl (C=O) groups excluding carboxylic acids is 1. The number of anilines is 1.